The molecule has 0 atom stereocenters. The smallest absolute Gasteiger partial charge is 0.312 e. The van der Waals surface area contributed by atoms with E-state index < -0.39 is 19.3 Å². The largest absolute Gasteiger partial charge is 0.464 e. The Kier molecular flexibility index (Phi) is 11.5. The Hall–Kier alpha value is -0.843. The highest BCUT2D eigenvalue weighted by molar-refractivity contribution is 7.23. The normalized spacial score (nSPS) is 12.7. The molecule has 0 aliphatic heterocycles. The van der Waals surface area contributed by atoms with E-state index in [1.54, 1.807) is 0 Å². The molecule has 4 nitrogen and oxygen atoms in total. The molecule has 0 amide bonds. The Morgan fingerprint density at radius 1 is 0.630 bits per heavy atom. The number of hydrogen-bond donors (Lipinski definition) is 0. The monoisotopic (exact) mass is 400 g/mol. The van der Waals surface area contributed by atoms with Crippen LogP contribution in [-0.2, 0) is 9.47 Å². The molecule has 0 aliphatic rings. The van der Waals surface area contributed by atoms with E-state index >= 15 is 0 Å². The molecule has 0 aromatic rings. The fourth-order valence-electron chi connectivity index (χ4n) is 3.08. The van der Waals surface area contributed by atoms with E-state index in [0.29, 0.717) is 12.1 Å². The molecule has 0 rings (SSSR count). The van der Waals surface area contributed by atoms with Crippen molar-refractivity contribution in [2.45, 2.75) is 130 Å². The van der Waals surface area contributed by atoms with Crippen LogP contribution in [0.2, 0.25) is 12.1 Å². The molecule has 0 N–H and O–H groups in total. The third-order valence-corrected chi connectivity index (χ3v) is 8.67. The summed E-state index contributed by atoms with van der Waals surface area (Å²) in [6.07, 6.45) is 8.40. The van der Waals surface area contributed by atoms with E-state index in [2.05, 4.69) is 13.8 Å². The molecule has 0 saturated carbocycles. The van der Waals surface area contributed by atoms with Crippen LogP contribution < -0.4 is 0 Å². The SMILES string of the molecule is CCCCCC[Si](CCCCCC)(C(=O)OC(C)(C)C)C(=O)OC(C)(C)C. The van der Waals surface area contributed by atoms with Gasteiger partial charge in [0.1, 0.15) is 11.2 Å². The first-order valence-corrected chi connectivity index (χ1v) is 13.3. The fraction of sp³-hybridized carbons (Fsp3) is 0.909. The van der Waals surface area contributed by atoms with Gasteiger partial charge in [0.15, 0.2) is 0 Å². The van der Waals surface area contributed by atoms with E-state index in [1.807, 2.05) is 41.5 Å². The molecule has 0 heterocycles. The second kappa shape index (κ2) is 11.9. The van der Waals surface area contributed by atoms with Crippen LogP contribution in [-0.4, -0.2) is 30.5 Å². The summed E-state index contributed by atoms with van der Waals surface area (Å²) < 4.78 is 11.5. The summed E-state index contributed by atoms with van der Waals surface area (Å²) in [5, 5.41) is 0. The lowest BCUT2D eigenvalue weighted by molar-refractivity contribution is 0.0624. The third kappa shape index (κ3) is 10.9. The van der Waals surface area contributed by atoms with Crippen LogP contribution in [0.1, 0.15) is 107 Å². The zero-order valence-corrected chi connectivity index (χ0v) is 20.2. The van der Waals surface area contributed by atoms with Crippen LogP contribution in [0, 0.1) is 0 Å². The van der Waals surface area contributed by atoms with E-state index in [1.165, 1.54) is 0 Å². The van der Waals surface area contributed by atoms with Crippen LogP contribution >= 0.6 is 0 Å². The molecule has 0 spiro atoms. The first-order chi connectivity index (χ1) is 12.4. The summed E-state index contributed by atoms with van der Waals surface area (Å²) >= 11 is 0. The van der Waals surface area contributed by atoms with Gasteiger partial charge in [-0.1, -0.05) is 65.2 Å². The van der Waals surface area contributed by atoms with Crippen molar-refractivity contribution in [3.8, 4) is 0 Å². The number of ether oxygens (including phenoxy) is 2. The van der Waals surface area contributed by atoms with E-state index in [0.717, 1.165) is 51.4 Å². The predicted molar refractivity (Wildman–Crippen MR) is 116 cm³/mol. The minimum absolute atomic E-state index is 0.280. The molecule has 0 unspecified atom stereocenters. The summed E-state index contributed by atoms with van der Waals surface area (Å²) in [7, 11) is -3.04. The van der Waals surface area contributed by atoms with Gasteiger partial charge in [0, 0.05) is 0 Å². The quantitative estimate of drug-likeness (QED) is 0.249. The number of unbranched alkanes of at least 4 members (excludes halogenated alkanes) is 6. The van der Waals surface area contributed by atoms with E-state index in [4.69, 9.17) is 9.47 Å². The molecular weight excluding hydrogens is 356 g/mol. The van der Waals surface area contributed by atoms with Gasteiger partial charge in [0.05, 0.1) is 0 Å². The maximum Gasteiger partial charge on any atom is 0.312 e. The number of rotatable bonds is 12. The third-order valence-electron chi connectivity index (χ3n) is 4.49. The van der Waals surface area contributed by atoms with Crippen molar-refractivity contribution in [2.75, 3.05) is 0 Å². The van der Waals surface area contributed by atoms with Gasteiger partial charge in [-0.3, -0.25) is 9.59 Å². The number of hydrogen-bond acceptors (Lipinski definition) is 4. The fourth-order valence-corrected chi connectivity index (χ4v) is 7.02. The van der Waals surface area contributed by atoms with Gasteiger partial charge in [0.2, 0.25) is 0 Å². The maximum absolute atomic E-state index is 13.3. The molecule has 0 radical (unpaired) electrons. The van der Waals surface area contributed by atoms with Crippen molar-refractivity contribution in [3.05, 3.63) is 0 Å². The average molecular weight is 401 g/mol. The van der Waals surface area contributed by atoms with Gasteiger partial charge in [-0.05, 0) is 53.6 Å². The highest BCUT2D eigenvalue weighted by Gasteiger charge is 2.53. The molecule has 0 aromatic carbocycles. The van der Waals surface area contributed by atoms with Crippen molar-refractivity contribution in [2.24, 2.45) is 0 Å². The lowest BCUT2D eigenvalue weighted by atomic mass is 10.2. The molecular formula is C22H44O4Si. The molecule has 0 aromatic heterocycles. The topological polar surface area (TPSA) is 52.6 Å². The van der Waals surface area contributed by atoms with Crippen LogP contribution in [0.3, 0.4) is 0 Å². The minimum atomic E-state index is -3.04. The Bertz CT molecular complexity index is 404. The Morgan fingerprint density at radius 3 is 1.22 bits per heavy atom. The van der Waals surface area contributed by atoms with Crippen LogP contribution in [0.25, 0.3) is 0 Å². The lowest BCUT2D eigenvalue weighted by Crippen LogP contribution is -2.55. The zero-order valence-electron chi connectivity index (χ0n) is 19.2. The second-order valence-corrected chi connectivity index (χ2v) is 13.7. The molecule has 0 bridgehead atoms. The Labute approximate surface area is 168 Å². The summed E-state index contributed by atoms with van der Waals surface area (Å²) in [5.74, 6) is 0. The molecule has 5 heteroatoms. The minimum Gasteiger partial charge on any atom is -0.464 e. The van der Waals surface area contributed by atoms with Crippen molar-refractivity contribution in [1.29, 1.82) is 0 Å². The lowest BCUT2D eigenvalue weighted by Gasteiger charge is -2.33. The van der Waals surface area contributed by atoms with Gasteiger partial charge in [-0.25, -0.2) is 0 Å². The van der Waals surface area contributed by atoms with Crippen LogP contribution in [0.5, 0.6) is 0 Å². The van der Waals surface area contributed by atoms with Gasteiger partial charge in [-0.2, -0.15) is 0 Å². The van der Waals surface area contributed by atoms with Gasteiger partial charge < -0.3 is 9.47 Å². The van der Waals surface area contributed by atoms with Gasteiger partial charge in [0.25, 0.3) is 11.2 Å². The highest BCUT2D eigenvalue weighted by Crippen LogP contribution is 2.31. The predicted octanol–water partition coefficient (Wildman–Crippen LogP) is 7.63. The second-order valence-electron chi connectivity index (χ2n) is 9.71. The molecule has 27 heavy (non-hydrogen) atoms. The summed E-state index contributed by atoms with van der Waals surface area (Å²) in [5.41, 5.74) is -1.75. The molecule has 0 aliphatic carbocycles. The van der Waals surface area contributed by atoms with Crippen molar-refractivity contribution in [3.63, 3.8) is 0 Å². The first kappa shape index (κ1) is 26.2. The average Bonchev–Trinajstić information content (AvgIpc) is 2.50. The Morgan fingerprint density at radius 2 is 0.963 bits per heavy atom. The summed E-state index contributed by atoms with van der Waals surface area (Å²) in [6.45, 7) is 15.5. The highest BCUT2D eigenvalue weighted by atomic mass is 28.3. The summed E-state index contributed by atoms with van der Waals surface area (Å²) in [4.78, 5) is 26.5. The van der Waals surface area contributed by atoms with Crippen LogP contribution in [0.15, 0.2) is 0 Å². The maximum atomic E-state index is 13.3. The van der Waals surface area contributed by atoms with Crippen molar-refractivity contribution in [1.82, 2.24) is 0 Å². The first-order valence-electron chi connectivity index (χ1n) is 10.8. The molecule has 160 valence electrons. The van der Waals surface area contributed by atoms with Crippen LogP contribution in [0.4, 0.5) is 9.59 Å². The number of carbonyl (C=O) groups is 2. The molecule has 0 fully saturated rings. The van der Waals surface area contributed by atoms with E-state index in [9.17, 15) is 9.59 Å². The van der Waals surface area contributed by atoms with Gasteiger partial charge in [-0.15, -0.1) is 0 Å². The van der Waals surface area contributed by atoms with Crippen molar-refractivity contribution >= 4 is 19.3 Å². The standard InChI is InChI=1S/C22H44O4Si/c1-9-11-13-15-17-27(18-16-14-12-10-2,19(23)25-21(3,4)5)20(24)26-22(6,7)8/h9-18H2,1-8H3. The molecule has 0 saturated heterocycles. The number of carbonyl (C=O) groups excluding carboxylic acids is 2. The van der Waals surface area contributed by atoms with Crippen molar-refractivity contribution < 1.29 is 19.1 Å². The Balaban J connectivity index is 5.63. The zero-order chi connectivity index (χ0) is 21.1. The van der Waals surface area contributed by atoms with E-state index in [-0.39, 0.29) is 11.2 Å². The summed E-state index contributed by atoms with van der Waals surface area (Å²) in [6, 6.07) is 1.28. The van der Waals surface area contributed by atoms with Gasteiger partial charge >= 0.3 is 8.07 Å².